The Labute approximate surface area is 125 Å². The predicted octanol–water partition coefficient (Wildman–Crippen LogP) is 0.125. The summed E-state index contributed by atoms with van der Waals surface area (Å²) in [5.41, 5.74) is 1.73. The second-order valence-corrected chi connectivity index (χ2v) is 8.64. The van der Waals surface area contributed by atoms with Crippen molar-refractivity contribution in [2.45, 2.75) is 6.92 Å². The average molecular weight is 331 g/mol. The number of aryl methyl sites for hydroxylation is 1. The van der Waals surface area contributed by atoms with Crippen molar-refractivity contribution in [3.63, 3.8) is 0 Å². The fourth-order valence-electron chi connectivity index (χ4n) is 1.45. The van der Waals surface area contributed by atoms with Crippen LogP contribution in [0.5, 0.6) is 0 Å². The number of aliphatic hydroxyl groups excluding tert-OH is 1. The third kappa shape index (κ3) is 6.62. The van der Waals surface area contributed by atoms with Crippen LogP contribution < -0.4 is 4.72 Å². The Hall–Kier alpha value is -1.56. The highest BCUT2D eigenvalue weighted by atomic mass is 32.2. The van der Waals surface area contributed by atoms with Gasteiger partial charge in [-0.25, -0.2) is 16.8 Å². The highest BCUT2D eigenvalue weighted by Crippen LogP contribution is 2.16. The van der Waals surface area contributed by atoms with E-state index in [1.807, 2.05) is 6.92 Å². The summed E-state index contributed by atoms with van der Waals surface area (Å²) < 4.78 is 47.9. The van der Waals surface area contributed by atoms with Gasteiger partial charge < -0.3 is 5.11 Å². The lowest BCUT2D eigenvalue weighted by molar-refractivity contribution is 0.350. The summed E-state index contributed by atoms with van der Waals surface area (Å²) in [5, 5.41) is 8.68. The van der Waals surface area contributed by atoms with Crippen LogP contribution in [-0.2, 0) is 19.9 Å². The normalized spacial score (nSPS) is 11.6. The molecule has 0 saturated heterocycles. The largest absolute Gasteiger partial charge is 0.384 e. The molecule has 1 aromatic rings. The lowest BCUT2D eigenvalue weighted by Gasteiger charge is -2.09. The Bertz CT molecular complexity index is 771. The highest BCUT2D eigenvalue weighted by molar-refractivity contribution is 7.95. The van der Waals surface area contributed by atoms with Gasteiger partial charge in [0.25, 0.3) is 0 Å². The van der Waals surface area contributed by atoms with Crippen molar-refractivity contribution in [3.8, 4) is 11.8 Å². The first-order valence-corrected chi connectivity index (χ1v) is 9.73. The third-order valence-corrected chi connectivity index (χ3v) is 5.03. The Morgan fingerprint density at radius 1 is 1.19 bits per heavy atom. The van der Waals surface area contributed by atoms with E-state index in [1.165, 1.54) is 6.07 Å². The molecule has 8 heteroatoms. The zero-order valence-electron chi connectivity index (χ0n) is 11.8. The molecule has 21 heavy (non-hydrogen) atoms. The van der Waals surface area contributed by atoms with Crippen molar-refractivity contribution in [1.29, 1.82) is 0 Å². The van der Waals surface area contributed by atoms with Crippen LogP contribution in [0.4, 0.5) is 5.69 Å². The molecule has 0 radical (unpaired) electrons. The minimum Gasteiger partial charge on any atom is -0.384 e. The summed E-state index contributed by atoms with van der Waals surface area (Å²) in [4.78, 5) is 0. The van der Waals surface area contributed by atoms with Gasteiger partial charge in [-0.15, -0.1) is 0 Å². The van der Waals surface area contributed by atoms with Gasteiger partial charge in [-0.2, -0.15) is 0 Å². The second kappa shape index (κ2) is 6.93. The highest BCUT2D eigenvalue weighted by Gasteiger charge is 2.14. The number of rotatable bonds is 5. The monoisotopic (exact) mass is 331 g/mol. The first-order valence-electron chi connectivity index (χ1n) is 6.01. The summed E-state index contributed by atoms with van der Waals surface area (Å²) in [5.74, 6) is 4.26. The van der Waals surface area contributed by atoms with Crippen LogP contribution in [-0.4, -0.2) is 46.3 Å². The topological polar surface area (TPSA) is 101 Å². The molecule has 1 aromatic carbocycles. The summed E-state index contributed by atoms with van der Waals surface area (Å²) in [6, 6.07) is 4.79. The molecule has 0 aliphatic heterocycles. The lowest BCUT2D eigenvalue weighted by atomic mass is 10.1. The van der Waals surface area contributed by atoms with Gasteiger partial charge in [-0.05, 0) is 24.6 Å². The van der Waals surface area contributed by atoms with Gasteiger partial charge in [0.05, 0.1) is 11.5 Å². The predicted molar refractivity (Wildman–Crippen MR) is 82.3 cm³/mol. The van der Waals surface area contributed by atoms with Crippen molar-refractivity contribution in [1.82, 2.24) is 0 Å². The quantitative estimate of drug-likeness (QED) is 0.747. The van der Waals surface area contributed by atoms with E-state index < -0.39 is 31.4 Å². The second-order valence-electron chi connectivity index (χ2n) is 4.54. The van der Waals surface area contributed by atoms with E-state index in [1.54, 1.807) is 12.1 Å². The molecule has 0 amide bonds. The zero-order valence-corrected chi connectivity index (χ0v) is 13.4. The summed E-state index contributed by atoms with van der Waals surface area (Å²) in [7, 11) is -7.09. The van der Waals surface area contributed by atoms with E-state index in [0.717, 1.165) is 11.8 Å². The summed E-state index contributed by atoms with van der Waals surface area (Å²) in [6.07, 6.45) is 0.983. The molecule has 0 bridgehead atoms. The van der Waals surface area contributed by atoms with Gasteiger partial charge >= 0.3 is 0 Å². The van der Waals surface area contributed by atoms with Crippen LogP contribution in [0.25, 0.3) is 0 Å². The Balaban J connectivity index is 2.92. The average Bonchev–Trinajstić information content (AvgIpc) is 2.36. The summed E-state index contributed by atoms with van der Waals surface area (Å²) in [6.45, 7) is 1.52. The number of nitrogens with one attached hydrogen (secondary N) is 1. The van der Waals surface area contributed by atoms with Gasteiger partial charge in [0.2, 0.25) is 10.0 Å². The van der Waals surface area contributed by atoms with E-state index in [9.17, 15) is 16.8 Å². The van der Waals surface area contributed by atoms with Gasteiger partial charge in [0.1, 0.15) is 16.4 Å². The number of benzene rings is 1. The van der Waals surface area contributed by atoms with Crippen LogP contribution >= 0.6 is 0 Å². The number of sulfone groups is 1. The van der Waals surface area contributed by atoms with Gasteiger partial charge in [-0.1, -0.05) is 17.9 Å². The molecule has 116 valence electrons. The smallest absolute Gasteiger partial charge is 0.233 e. The molecule has 0 heterocycles. The minimum atomic E-state index is -3.74. The first-order chi connectivity index (χ1) is 9.63. The fraction of sp³-hybridized carbons (Fsp3) is 0.385. The van der Waals surface area contributed by atoms with Gasteiger partial charge in [-0.3, -0.25) is 4.72 Å². The molecule has 1 rings (SSSR count). The molecule has 0 saturated carbocycles. The van der Waals surface area contributed by atoms with Crippen LogP contribution in [0.1, 0.15) is 11.1 Å². The van der Waals surface area contributed by atoms with E-state index in [2.05, 4.69) is 16.6 Å². The zero-order chi connectivity index (χ0) is 16.1. The maximum Gasteiger partial charge on any atom is 0.233 e. The number of sulfonamides is 1. The molecule has 0 spiro atoms. The van der Waals surface area contributed by atoms with Crippen molar-refractivity contribution in [2.75, 3.05) is 29.1 Å². The Kier molecular flexibility index (Phi) is 5.78. The van der Waals surface area contributed by atoms with E-state index in [-0.39, 0.29) is 6.61 Å². The molecular weight excluding hydrogens is 314 g/mol. The maximum absolute atomic E-state index is 11.8. The molecule has 2 N–H and O–H groups in total. The molecule has 0 fully saturated rings. The van der Waals surface area contributed by atoms with Crippen LogP contribution in [0.3, 0.4) is 0 Å². The third-order valence-electron chi connectivity index (χ3n) is 2.54. The molecule has 0 aliphatic rings. The Morgan fingerprint density at radius 2 is 1.86 bits per heavy atom. The first kappa shape index (κ1) is 17.5. The number of hydrogen-bond donors (Lipinski definition) is 2. The molecule has 0 atom stereocenters. The standard InChI is InChI=1S/C13H17NO5S2/c1-11-5-6-13(10-12(11)4-3-7-15)14-21(18,19)9-8-20(2,16)17/h5-6,10,14-15H,7-9H2,1-2H3. The van der Waals surface area contributed by atoms with Crippen LogP contribution in [0, 0.1) is 18.8 Å². The van der Waals surface area contributed by atoms with Crippen molar-refractivity contribution in [2.24, 2.45) is 0 Å². The van der Waals surface area contributed by atoms with Crippen molar-refractivity contribution in [3.05, 3.63) is 29.3 Å². The SMILES string of the molecule is Cc1ccc(NS(=O)(=O)CCS(C)(=O)=O)cc1C#CCO. The maximum atomic E-state index is 11.8. The van der Waals surface area contributed by atoms with Crippen molar-refractivity contribution >= 4 is 25.5 Å². The summed E-state index contributed by atoms with van der Waals surface area (Å²) >= 11 is 0. The fourth-order valence-corrected chi connectivity index (χ4v) is 4.12. The van der Waals surface area contributed by atoms with E-state index >= 15 is 0 Å². The van der Waals surface area contributed by atoms with E-state index in [4.69, 9.17) is 5.11 Å². The van der Waals surface area contributed by atoms with Gasteiger partial charge in [0, 0.05) is 17.5 Å². The molecule has 6 nitrogen and oxygen atoms in total. The van der Waals surface area contributed by atoms with Gasteiger partial charge in [0.15, 0.2) is 0 Å². The number of aliphatic hydroxyl groups is 1. The Morgan fingerprint density at radius 3 is 2.43 bits per heavy atom. The van der Waals surface area contributed by atoms with E-state index in [0.29, 0.717) is 11.3 Å². The lowest BCUT2D eigenvalue weighted by Crippen LogP contribution is -2.22. The number of hydrogen-bond acceptors (Lipinski definition) is 5. The van der Waals surface area contributed by atoms with Crippen LogP contribution in [0.2, 0.25) is 0 Å². The molecule has 0 aliphatic carbocycles. The van der Waals surface area contributed by atoms with Crippen LogP contribution in [0.15, 0.2) is 18.2 Å². The molecule has 0 unspecified atom stereocenters. The minimum absolute atomic E-state index is 0.288. The number of anilines is 1. The van der Waals surface area contributed by atoms with Crippen molar-refractivity contribution < 1.29 is 21.9 Å². The molecule has 0 aromatic heterocycles. The molecular formula is C13H17NO5S2.